The summed E-state index contributed by atoms with van der Waals surface area (Å²) in [6.45, 7) is 0. The van der Waals surface area contributed by atoms with Crippen LogP contribution in [-0.4, -0.2) is 6.10 Å². The van der Waals surface area contributed by atoms with Gasteiger partial charge < -0.3 is 4.74 Å². The first-order chi connectivity index (χ1) is 4.90. The van der Waals surface area contributed by atoms with Crippen LogP contribution in [0, 0.1) is 17.9 Å². The van der Waals surface area contributed by atoms with Crippen LogP contribution < -0.4 is 0 Å². The van der Waals surface area contributed by atoms with Gasteiger partial charge in [-0.3, -0.25) is 0 Å². The lowest BCUT2D eigenvalue weighted by molar-refractivity contribution is 0.0768. The molecule has 0 spiro atoms. The molecule has 2 aliphatic carbocycles. The Morgan fingerprint density at radius 3 is 2.70 bits per heavy atom. The fourth-order valence-corrected chi connectivity index (χ4v) is 2.50. The maximum absolute atomic E-state index is 5.25. The SMILES string of the molecule is Cl[C]O[C@@H]1C[C@@H]2CC[C@H]1C2. The highest BCUT2D eigenvalue weighted by Gasteiger charge is 2.40. The summed E-state index contributed by atoms with van der Waals surface area (Å²) in [4.78, 5) is 0. The smallest absolute Gasteiger partial charge is 0.237 e. The highest BCUT2D eigenvalue weighted by atomic mass is 35.5. The summed E-state index contributed by atoms with van der Waals surface area (Å²) in [5.74, 6) is 1.72. The van der Waals surface area contributed by atoms with E-state index in [0.29, 0.717) is 6.10 Å². The van der Waals surface area contributed by atoms with Crippen molar-refractivity contribution >= 4 is 11.6 Å². The summed E-state index contributed by atoms with van der Waals surface area (Å²) < 4.78 is 5.15. The highest BCUT2D eigenvalue weighted by molar-refractivity contribution is 6.22. The third-order valence-corrected chi connectivity index (χ3v) is 2.96. The van der Waals surface area contributed by atoms with Gasteiger partial charge in [-0.15, -0.1) is 0 Å². The second-order valence-electron chi connectivity index (χ2n) is 3.41. The Morgan fingerprint density at radius 2 is 2.20 bits per heavy atom. The predicted molar refractivity (Wildman–Crippen MR) is 39.4 cm³/mol. The number of hydrogen-bond acceptors (Lipinski definition) is 1. The topological polar surface area (TPSA) is 9.23 Å². The average molecular weight is 159 g/mol. The van der Waals surface area contributed by atoms with Crippen molar-refractivity contribution < 1.29 is 4.74 Å². The van der Waals surface area contributed by atoms with Crippen molar-refractivity contribution in [3.8, 4) is 0 Å². The molecule has 2 bridgehead atoms. The zero-order valence-corrected chi connectivity index (χ0v) is 6.60. The number of ether oxygens (including phenoxy) is 1. The molecule has 0 saturated heterocycles. The summed E-state index contributed by atoms with van der Waals surface area (Å²) in [6.07, 6.45) is 5.73. The molecule has 1 nitrogen and oxygen atoms in total. The molecule has 0 aromatic carbocycles. The molecule has 2 radical (unpaired) electrons. The van der Waals surface area contributed by atoms with Crippen molar-refractivity contribution in [3.63, 3.8) is 0 Å². The summed E-state index contributed by atoms with van der Waals surface area (Å²) >= 11 is 5.25. The van der Waals surface area contributed by atoms with E-state index in [2.05, 4.69) is 6.07 Å². The van der Waals surface area contributed by atoms with Gasteiger partial charge in [0.15, 0.2) is 0 Å². The molecular formula is C8H11ClO. The predicted octanol–water partition coefficient (Wildman–Crippen LogP) is 2.43. The first-order valence-electron chi connectivity index (χ1n) is 3.91. The van der Waals surface area contributed by atoms with E-state index in [9.17, 15) is 0 Å². The van der Waals surface area contributed by atoms with Crippen LogP contribution >= 0.6 is 11.6 Å². The molecule has 56 valence electrons. The Kier molecular flexibility index (Phi) is 1.88. The number of rotatable bonds is 2. The summed E-state index contributed by atoms with van der Waals surface area (Å²) in [6, 6.07) is 2.27. The fourth-order valence-electron chi connectivity index (χ4n) is 2.39. The molecular weight excluding hydrogens is 148 g/mol. The van der Waals surface area contributed by atoms with E-state index in [1.54, 1.807) is 0 Å². The molecule has 2 heteroatoms. The van der Waals surface area contributed by atoms with Crippen LogP contribution in [0.25, 0.3) is 0 Å². The minimum Gasteiger partial charge on any atom is -0.348 e. The van der Waals surface area contributed by atoms with Gasteiger partial charge in [0, 0.05) is 0 Å². The van der Waals surface area contributed by atoms with Gasteiger partial charge in [-0.2, -0.15) is 0 Å². The average Bonchev–Trinajstić information content (AvgIpc) is 2.48. The molecule has 0 unspecified atom stereocenters. The lowest BCUT2D eigenvalue weighted by atomic mass is 9.98. The molecule has 0 amide bonds. The van der Waals surface area contributed by atoms with E-state index in [-0.39, 0.29) is 0 Å². The third kappa shape index (κ3) is 1.06. The van der Waals surface area contributed by atoms with Crippen molar-refractivity contribution in [2.45, 2.75) is 31.8 Å². The number of halogens is 1. The second-order valence-corrected chi connectivity index (χ2v) is 3.56. The van der Waals surface area contributed by atoms with E-state index in [1.165, 1.54) is 25.7 Å². The highest BCUT2D eigenvalue weighted by Crippen LogP contribution is 2.46. The molecule has 2 aliphatic rings. The minimum absolute atomic E-state index is 0.399. The number of fused-ring (bicyclic) bond motifs is 2. The number of hydrogen-bond donors (Lipinski definition) is 0. The summed E-state index contributed by atoms with van der Waals surface area (Å²) in [5, 5.41) is 0. The van der Waals surface area contributed by atoms with Crippen LogP contribution in [0.3, 0.4) is 0 Å². The molecule has 0 heterocycles. The molecule has 2 rings (SSSR count). The Hall–Kier alpha value is 0.250. The van der Waals surface area contributed by atoms with Gasteiger partial charge in [0.1, 0.15) is 0 Å². The minimum atomic E-state index is 0.399. The standard InChI is InChI=1S/C8H11ClO/c9-5-10-8-4-6-1-2-7(8)3-6/h6-8H,1-4H2/t6-,7+,8-/m1/s1. The first kappa shape index (κ1) is 6.93. The van der Waals surface area contributed by atoms with Crippen LogP contribution in [0.5, 0.6) is 0 Å². The van der Waals surface area contributed by atoms with Gasteiger partial charge in [-0.1, -0.05) is 11.6 Å². The van der Waals surface area contributed by atoms with Crippen molar-refractivity contribution in [3.05, 3.63) is 6.07 Å². The molecule has 10 heavy (non-hydrogen) atoms. The van der Waals surface area contributed by atoms with Crippen LogP contribution in [-0.2, 0) is 4.74 Å². The van der Waals surface area contributed by atoms with Crippen molar-refractivity contribution in [2.24, 2.45) is 11.8 Å². The van der Waals surface area contributed by atoms with Gasteiger partial charge in [-0.25, -0.2) is 0 Å². The lowest BCUT2D eigenvalue weighted by Crippen LogP contribution is -2.18. The molecule has 0 aliphatic heterocycles. The second kappa shape index (κ2) is 2.71. The molecule has 3 atom stereocenters. The first-order valence-corrected chi connectivity index (χ1v) is 4.29. The zero-order valence-electron chi connectivity index (χ0n) is 5.85. The Morgan fingerprint density at radius 1 is 1.30 bits per heavy atom. The zero-order chi connectivity index (χ0) is 6.97. The van der Waals surface area contributed by atoms with Gasteiger partial charge in [0.05, 0.1) is 6.10 Å². The van der Waals surface area contributed by atoms with Crippen molar-refractivity contribution in [1.29, 1.82) is 0 Å². The maximum Gasteiger partial charge on any atom is 0.237 e. The summed E-state index contributed by atoms with van der Waals surface area (Å²) in [5.41, 5.74) is 0. The van der Waals surface area contributed by atoms with Crippen LogP contribution in [0.1, 0.15) is 25.7 Å². The van der Waals surface area contributed by atoms with Crippen molar-refractivity contribution in [1.82, 2.24) is 0 Å². The van der Waals surface area contributed by atoms with E-state index in [1.807, 2.05) is 0 Å². The molecule has 2 saturated carbocycles. The van der Waals surface area contributed by atoms with Gasteiger partial charge in [0.2, 0.25) is 6.07 Å². The van der Waals surface area contributed by atoms with Gasteiger partial charge in [0.25, 0.3) is 0 Å². The fraction of sp³-hybridized carbons (Fsp3) is 0.875. The Balaban J connectivity index is 1.90. The Bertz CT molecular complexity index is 126. The third-order valence-electron chi connectivity index (χ3n) is 2.87. The van der Waals surface area contributed by atoms with Gasteiger partial charge in [-0.05, 0) is 37.5 Å². The molecule has 2 fully saturated rings. The summed E-state index contributed by atoms with van der Waals surface area (Å²) in [7, 11) is 0. The normalized spacial score (nSPS) is 44.7. The van der Waals surface area contributed by atoms with E-state index < -0.39 is 0 Å². The Labute approximate surface area is 66.7 Å². The van der Waals surface area contributed by atoms with Crippen LogP contribution in [0.15, 0.2) is 0 Å². The quantitative estimate of drug-likeness (QED) is 0.600. The van der Waals surface area contributed by atoms with E-state index in [0.717, 1.165) is 11.8 Å². The molecule has 0 aromatic rings. The van der Waals surface area contributed by atoms with Gasteiger partial charge >= 0.3 is 0 Å². The van der Waals surface area contributed by atoms with E-state index in [4.69, 9.17) is 16.3 Å². The van der Waals surface area contributed by atoms with Crippen molar-refractivity contribution in [2.75, 3.05) is 0 Å². The maximum atomic E-state index is 5.25. The van der Waals surface area contributed by atoms with E-state index >= 15 is 0 Å². The molecule has 0 N–H and O–H groups in total. The molecule has 0 aromatic heterocycles. The van der Waals surface area contributed by atoms with Crippen LogP contribution in [0.4, 0.5) is 0 Å². The largest absolute Gasteiger partial charge is 0.348 e. The monoisotopic (exact) mass is 158 g/mol. The van der Waals surface area contributed by atoms with Crippen LogP contribution in [0.2, 0.25) is 0 Å². The lowest BCUT2D eigenvalue weighted by Gasteiger charge is -2.19.